The van der Waals surface area contributed by atoms with Gasteiger partial charge in [-0.3, -0.25) is 0 Å². The maximum absolute atomic E-state index is 9.94. The Bertz CT molecular complexity index is 634. The van der Waals surface area contributed by atoms with E-state index in [1.165, 1.54) is 18.5 Å². The zero-order valence-electron chi connectivity index (χ0n) is 12.2. The van der Waals surface area contributed by atoms with Crippen molar-refractivity contribution in [3.8, 4) is 0 Å². The molecule has 1 aliphatic heterocycles. The molecule has 112 valence electrons. The summed E-state index contributed by atoms with van der Waals surface area (Å²) < 4.78 is 2.17. The van der Waals surface area contributed by atoms with E-state index in [4.69, 9.17) is 4.98 Å². The number of aliphatic hydroxyl groups is 1. The fourth-order valence-electron chi connectivity index (χ4n) is 3.13. The van der Waals surface area contributed by atoms with Crippen molar-refractivity contribution in [3.63, 3.8) is 0 Å². The molecule has 2 N–H and O–H groups in total. The number of imidazole rings is 1. The lowest BCUT2D eigenvalue weighted by Gasteiger charge is -2.31. The van der Waals surface area contributed by atoms with E-state index in [9.17, 15) is 5.11 Å². The second-order valence-electron chi connectivity index (χ2n) is 6.21. The molecule has 1 saturated heterocycles. The van der Waals surface area contributed by atoms with Gasteiger partial charge in [-0.15, -0.1) is 0 Å². The first-order valence-electron chi connectivity index (χ1n) is 7.93. The number of hydrogen-bond donors (Lipinski definition) is 2. The van der Waals surface area contributed by atoms with E-state index in [0.29, 0.717) is 12.6 Å². The third-order valence-corrected chi connectivity index (χ3v) is 4.44. The number of fused-ring (bicyclic) bond motifs is 1. The van der Waals surface area contributed by atoms with Crippen LogP contribution in [0.15, 0.2) is 24.4 Å². The minimum Gasteiger partial charge on any atom is -0.391 e. The Morgan fingerprint density at radius 1 is 1.29 bits per heavy atom. The predicted octanol–water partition coefficient (Wildman–Crippen LogP) is 1.55. The van der Waals surface area contributed by atoms with Gasteiger partial charge in [-0.25, -0.2) is 4.98 Å². The summed E-state index contributed by atoms with van der Waals surface area (Å²) in [6, 6.07) is 6.79. The van der Waals surface area contributed by atoms with Gasteiger partial charge in [-0.1, -0.05) is 6.07 Å². The summed E-state index contributed by atoms with van der Waals surface area (Å²) in [4.78, 5) is 7.05. The summed E-state index contributed by atoms with van der Waals surface area (Å²) >= 11 is 0. The molecule has 1 aliphatic carbocycles. The largest absolute Gasteiger partial charge is 0.391 e. The van der Waals surface area contributed by atoms with Gasteiger partial charge in [0, 0.05) is 31.9 Å². The van der Waals surface area contributed by atoms with Gasteiger partial charge in [0.15, 0.2) is 5.82 Å². The van der Waals surface area contributed by atoms with Gasteiger partial charge in [0.25, 0.3) is 0 Å². The van der Waals surface area contributed by atoms with Crippen LogP contribution in [0.1, 0.15) is 31.4 Å². The van der Waals surface area contributed by atoms with Crippen LogP contribution in [0.2, 0.25) is 0 Å². The monoisotopic (exact) mass is 286 g/mol. The molecule has 3 heterocycles. The van der Waals surface area contributed by atoms with E-state index < -0.39 is 0 Å². The van der Waals surface area contributed by atoms with Crippen LogP contribution in [0.5, 0.6) is 0 Å². The number of nitrogens with one attached hydrogen (secondary N) is 1. The highest BCUT2D eigenvalue weighted by Gasteiger charge is 2.26. The second-order valence-corrected chi connectivity index (χ2v) is 6.21. The molecular weight excluding hydrogens is 264 g/mol. The predicted molar refractivity (Wildman–Crippen MR) is 82.5 cm³/mol. The van der Waals surface area contributed by atoms with E-state index in [1.54, 1.807) is 0 Å². The zero-order valence-corrected chi connectivity index (χ0v) is 12.2. The van der Waals surface area contributed by atoms with E-state index in [0.717, 1.165) is 37.4 Å². The number of β-amino-alcohol motifs (C(OH)–C–C–N with tert-alkyl or cyclic N) is 1. The number of nitrogens with zero attached hydrogens (tertiary/aromatic N) is 3. The molecule has 21 heavy (non-hydrogen) atoms. The van der Waals surface area contributed by atoms with Crippen molar-refractivity contribution < 1.29 is 5.11 Å². The molecule has 2 aliphatic rings. The number of aromatic nitrogens is 2. The number of pyridine rings is 1. The summed E-state index contributed by atoms with van der Waals surface area (Å²) in [6.45, 7) is 2.52. The Hall–Kier alpha value is -1.59. The van der Waals surface area contributed by atoms with Crippen molar-refractivity contribution >= 4 is 11.5 Å². The van der Waals surface area contributed by atoms with E-state index in [2.05, 4.69) is 20.8 Å². The van der Waals surface area contributed by atoms with Crippen LogP contribution < -0.4 is 10.2 Å². The summed E-state index contributed by atoms with van der Waals surface area (Å²) in [5.74, 6) is 1.04. The third kappa shape index (κ3) is 2.63. The molecule has 0 spiro atoms. The van der Waals surface area contributed by atoms with E-state index in [-0.39, 0.29) is 6.10 Å². The van der Waals surface area contributed by atoms with Crippen LogP contribution >= 0.6 is 0 Å². The van der Waals surface area contributed by atoms with Crippen molar-refractivity contribution in [2.75, 3.05) is 18.0 Å². The van der Waals surface area contributed by atoms with Gasteiger partial charge in [0.1, 0.15) is 5.65 Å². The Morgan fingerprint density at radius 3 is 3.00 bits per heavy atom. The van der Waals surface area contributed by atoms with Gasteiger partial charge in [-0.05, 0) is 37.8 Å². The van der Waals surface area contributed by atoms with E-state index in [1.807, 2.05) is 18.2 Å². The van der Waals surface area contributed by atoms with Crippen LogP contribution in [0, 0.1) is 0 Å². The van der Waals surface area contributed by atoms with Crippen LogP contribution in [-0.2, 0) is 6.54 Å². The first-order chi connectivity index (χ1) is 10.3. The maximum Gasteiger partial charge on any atom is 0.152 e. The number of aliphatic hydroxyl groups excluding tert-OH is 1. The maximum atomic E-state index is 9.94. The Morgan fingerprint density at radius 2 is 2.19 bits per heavy atom. The van der Waals surface area contributed by atoms with Crippen LogP contribution in [-0.4, -0.2) is 39.7 Å². The minimum atomic E-state index is -0.229. The molecule has 2 fully saturated rings. The van der Waals surface area contributed by atoms with Crippen molar-refractivity contribution in [2.24, 2.45) is 0 Å². The van der Waals surface area contributed by atoms with Gasteiger partial charge in [-0.2, -0.15) is 0 Å². The normalized spacial score (nSPS) is 22.9. The van der Waals surface area contributed by atoms with Gasteiger partial charge >= 0.3 is 0 Å². The second kappa shape index (κ2) is 5.31. The fraction of sp³-hybridized carbons (Fsp3) is 0.562. The molecule has 1 unspecified atom stereocenters. The van der Waals surface area contributed by atoms with Gasteiger partial charge in [0.05, 0.1) is 11.8 Å². The van der Waals surface area contributed by atoms with Crippen molar-refractivity contribution in [1.29, 1.82) is 0 Å². The Kier molecular flexibility index (Phi) is 3.31. The summed E-state index contributed by atoms with van der Waals surface area (Å²) in [6.07, 6.45) is 6.36. The molecule has 2 aromatic rings. The topological polar surface area (TPSA) is 52.8 Å². The van der Waals surface area contributed by atoms with E-state index >= 15 is 0 Å². The minimum absolute atomic E-state index is 0.229. The SMILES string of the molecule is OC1CCCN(c2nc3ccccn3c2CNC2CC2)C1. The Balaban J connectivity index is 1.69. The van der Waals surface area contributed by atoms with Gasteiger partial charge < -0.3 is 19.7 Å². The zero-order chi connectivity index (χ0) is 14.2. The van der Waals surface area contributed by atoms with Crippen LogP contribution in [0.3, 0.4) is 0 Å². The van der Waals surface area contributed by atoms with Crippen molar-refractivity contribution in [3.05, 3.63) is 30.1 Å². The molecule has 0 radical (unpaired) electrons. The molecule has 4 rings (SSSR count). The van der Waals surface area contributed by atoms with Crippen LogP contribution in [0.4, 0.5) is 5.82 Å². The lowest BCUT2D eigenvalue weighted by molar-refractivity contribution is 0.154. The van der Waals surface area contributed by atoms with Gasteiger partial charge in [0.2, 0.25) is 0 Å². The lowest BCUT2D eigenvalue weighted by Crippen LogP contribution is -2.39. The summed E-state index contributed by atoms with van der Waals surface area (Å²) in [5.41, 5.74) is 2.20. The molecule has 2 aromatic heterocycles. The molecule has 1 atom stereocenters. The van der Waals surface area contributed by atoms with Crippen molar-refractivity contribution in [1.82, 2.24) is 14.7 Å². The summed E-state index contributed by atoms with van der Waals surface area (Å²) in [5, 5.41) is 13.5. The molecule has 5 heteroatoms. The first kappa shape index (κ1) is 13.1. The lowest BCUT2D eigenvalue weighted by atomic mass is 10.1. The number of hydrogen-bond acceptors (Lipinski definition) is 4. The highest BCUT2D eigenvalue weighted by atomic mass is 16.3. The number of piperidine rings is 1. The Labute approximate surface area is 124 Å². The number of rotatable bonds is 4. The smallest absolute Gasteiger partial charge is 0.152 e. The molecule has 0 aromatic carbocycles. The molecule has 0 amide bonds. The molecule has 0 bridgehead atoms. The number of anilines is 1. The third-order valence-electron chi connectivity index (χ3n) is 4.44. The molecular formula is C16H22N4O. The summed E-state index contributed by atoms with van der Waals surface area (Å²) in [7, 11) is 0. The molecule has 5 nitrogen and oxygen atoms in total. The average molecular weight is 286 g/mol. The van der Waals surface area contributed by atoms with Crippen molar-refractivity contribution in [2.45, 2.75) is 44.4 Å². The standard InChI is InChI=1S/C16H22N4O/c21-13-4-3-8-19(11-13)16-14(10-17-12-6-7-12)20-9-2-1-5-15(20)18-16/h1-2,5,9,12-13,17,21H,3-4,6-8,10-11H2. The highest BCUT2D eigenvalue weighted by Crippen LogP contribution is 2.26. The molecule has 1 saturated carbocycles. The average Bonchev–Trinajstić information content (AvgIpc) is 3.25. The quantitative estimate of drug-likeness (QED) is 0.895. The highest BCUT2D eigenvalue weighted by molar-refractivity contribution is 5.56. The van der Waals surface area contributed by atoms with Crippen LogP contribution in [0.25, 0.3) is 5.65 Å². The first-order valence-corrected chi connectivity index (χ1v) is 7.93. The fourth-order valence-corrected chi connectivity index (χ4v) is 3.13.